The molecule has 0 atom stereocenters. The number of esters is 2. The molecule has 0 N–H and O–H groups in total. The summed E-state index contributed by atoms with van der Waals surface area (Å²) in [5, 5.41) is 0. The van der Waals surface area contributed by atoms with Crippen molar-refractivity contribution >= 4 is 17.7 Å². The number of rotatable bonds is 9. The van der Waals surface area contributed by atoms with Gasteiger partial charge in [-0.1, -0.05) is 13.8 Å². The average Bonchev–Trinajstić information content (AvgIpc) is 2.31. The SMILES string of the molecule is COC(=O)CCCCC(=O)CC(=O)OCC(C)C. The van der Waals surface area contributed by atoms with Gasteiger partial charge in [-0.05, 0) is 18.8 Å². The summed E-state index contributed by atoms with van der Waals surface area (Å²) in [6.45, 7) is 4.21. The number of carbonyl (C=O) groups is 3. The predicted molar refractivity (Wildman–Crippen MR) is 65.9 cm³/mol. The fourth-order valence-electron chi connectivity index (χ4n) is 1.25. The molecule has 0 aliphatic rings. The summed E-state index contributed by atoms with van der Waals surface area (Å²) >= 11 is 0. The van der Waals surface area contributed by atoms with Crippen molar-refractivity contribution in [3.63, 3.8) is 0 Å². The smallest absolute Gasteiger partial charge is 0.313 e. The van der Waals surface area contributed by atoms with Crippen molar-refractivity contribution in [3.8, 4) is 0 Å². The van der Waals surface area contributed by atoms with E-state index in [1.54, 1.807) is 0 Å². The number of unbranched alkanes of at least 4 members (excludes halogenated alkanes) is 1. The summed E-state index contributed by atoms with van der Waals surface area (Å²) in [5.41, 5.74) is 0. The third-order valence-electron chi connectivity index (χ3n) is 2.23. The molecule has 18 heavy (non-hydrogen) atoms. The molecule has 0 aliphatic carbocycles. The van der Waals surface area contributed by atoms with Gasteiger partial charge in [0.1, 0.15) is 12.2 Å². The maximum absolute atomic E-state index is 11.4. The molecule has 104 valence electrons. The molecule has 0 aromatic heterocycles. The van der Waals surface area contributed by atoms with Crippen LogP contribution in [0.2, 0.25) is 0 Å². The van der Waals surface area contributed by atoms with Crippen molar-refractivity contribution in [2.45, 2.75) is 46.0 Å². The molecule has 5 heteroatoms. The third-order valence-corrected chi connectivity index (χ3v) is 2.23. The molecule has 0 amide bonds. The van der Waals surface area contributed by atoms with Gasteiger partial charge in [-0.2, -0.15) is 0 Å². The van der Waals surface area contributed by atoms with Crippen LogP contribution in [-0.2, 0) is 23.9 Å². The first-order valence-electron chi connectivity index (χ1n) is 6.19. The predicted octanol–water partition coefficient (Wildman–Crippen LogP) is 1.88. The van der Waals surface area contributed by atoms with Gasteiger partial charge in [0.05, 0.1) is 13.7 Å². The molecule has 0 aromatic carbocycles. The van der Waals surface area contributed by atoms with Crippen LogP contribution in [0.15, 0.2) is 0 Å². The van der Waals surface area contributed by atoms with E-state index in [0.717, 1.165) is 0 Å². The highest BCUT2D eigenvalue weighted by molar-refractivity contribution is 5.95. The van der Waals surface area contributed by atoms with Crippen LogP contribution >= 0.6 is 0 Å². The molecule has 0 saturated carbocycles. The Bertz CT molecular complexity index is 283. The average molecular weight is 258 g/mol. The molecule has 0 radical (unpaired) electrons. The van der Waals surface area contributed by atoms with Crippen LogP contribution in [0, 0.1) is 5.92 Å². The minimum Gasteiger partial charge on any atom is -0.469 e. The van der Waals surface area contributed by atoms with Crippen molar-refractivity contribution in [1.82, 2.24) is 0 Å². The number of hydrogen-bond acceptors (Lipinski definition) is 5. The second-order valence-corrected chi connectivity index (χ2v) is 4.58. The van der Waals surface area contributed by atoms with Crippen LogP contribution in [-0.4, -0.2) is 31.4 Å². The lowest BCUT2D eigenvalue weighted by Crippen LogP contribution is -2.14. The lowest BCUT2D eigenvalue weighted by molar-refractivity contribution is -0.147. The van der Waals surface area contributed by atoms with Gasteiger partial charge >= 0.3 is 11.9 Å². The van der Waals surface area contributed by atoms with Crippen LogP contribution in [0.4, 0.5) is 0 Å². The first-order chi connectivity index (χ1) is 8.45. The van der Waals surface area contributed by atoms with Gasteiger partial charge < -0.3 is 9.47 Å². The van der Waals surface area contributed by atoms with Gasteiger partial charge in [0, 0.05) is 12.8 Å². The number of ketones is 1. The summed E-state index contributed by atoms with van der Waals surface area (Å²) in [6, 6.07) is 0. The van der Waals surface area contributed by atoms with E-state index in [9.17, 15) is 14.4 Å². The molecule has 0 bridgehead atoms. The van der Waals surface area contributed by atoms with Gasteiger partial charge in [-0.15, -0.1) is 0 Å². The van der Waals surface area contributed by atoms with Crippen molar-refractivity contribution in [2.24, 2.45) is 5.92 Å². The first-order valence-corrected chi connectivity index (χ1v) is 6.19. The van der Waals surface area contributed by atoms with Crippen LogP contribution in [0.3, 0.4) is 0 Å². The zero-order valence-corrected chi connectivity index (χ0v) is 11.4. The van der Waals surface area contributed by atoms with E-state index in [0.29, 0.717) is 32.3 Å². The molecule has 0 aromatic rings. The minimum absolute atomic E-state index is 0.145. The zero-order valence-electron chi connectivity index (χ0n) is 11.4. The number of carbonyl (C=O) groups excluding carboxylic acids is 3. The van der Waals surface area contributed by atoms with Crippen LogP contribution in [0.1, 0.15) is 46.0 Å². The fraction of sp³-hybridized carbons (Fsp3) is 0.769. The van der Waals surface area contributed by atoms with E-state index in [-0.39, 0.29) is 24.1 Å². The van der Waals surface area contributed by atoms with Gasteiger partial charge in [-0.25, -0.2) is 0 Å². The molecule has 0 spiro atoms. The molecule has 5 nitrogen and oxygen atoms in total. The highest BCUT2D eigenvalue weighted by Gasteiger charge is 2.11. The Morgan fingerprint density at radius 1 is 1.00 bits per heavy atom. The lowest BCUT2D eigenvalue weighted by Gasteiger charge is -2.06. The van der Waals surface area contributed by atoms with E-state index in [2.05, 4.69) is 4.74 Å². The number of Topliss-reactive ketones (excluding diaryl/α,β-unsaturated/α-hetero) is 1. The van der Waals surface area contributed by atoms with Gasteiger partial charge in [0.15, 0.2) is 0 Å². The van der Waals surface area contributed by atoms with E-state index in [1.807, 2.05) is 13.8 Å². The Hall–Kier alpha value is -1.39. The Morgan fingerprint density at radius 3 is 2.17 bits per heavy atom. The molecule has 0 aliphatic heterocycles. The lowest BCUT2D eigenvalue weighted by atomic mass is 10.1. The summed E-state index contributed by atoms with van der Waals surface area (Å²) in [6.07, 6.45) is 1.62. The van der Waals surface area contributed by atoms with Crippen LogP contribution in [0.25, 0.3) is 0 Å². The monoisotopic (exact) mass is 258 g/mol. The molecule has 0 heterocycles. The van der Waals surface area contributed by atoms with Crippen LogP contribution in [0.5, 0.6) is 0 Å². The highest BCUT2D eigenvalue weighted by atomic mass is 16.5. The van der Waals surface area contributed by atoms with Crippen molar-refractivity contribution in [2.75, 3.05) is 13.7 Å². The summed E-state index contributed by atoms with van der Waals surface area (Å²) in [4.78, 5) is 33.4. The Kier molecular flexibility index (Phi) is 8.88. The normalized spacial score (nSPS) is 10.2. The molecule has 0 unspecified atom stereocenters. The van der Waals surface area contributed by atoms with Crippen molar-refractivity contribution in [1.29, 1.82) is 0 Å². The van der Waals surface area contributed by atoms with Gasteiger partial charge in [0.25, 0.3) is 0 Å². The van der Waals surface area contributed by atoms with E-state index in [1.165, 1.54) is 7.11 Å². The minimum atomic E-state index is -0.471. The topological polar surface area (TPSA) is 69.7 Å². The second kappa shape index (κ2) is 9.62. The molecule has 0 fully saturated rings. The number of methoxy groups -OCH3 is 1. The molecular weight excluding hydrogens is 236 g/mol. The Morgan fingerprint density at radius 2 is 1.61 bits per heavy atom. The Balaban J connectivity index is 3.59. The molecular formula is C13H22O5. The number of hydrogen-bond donors (Lipinski definition) is 0. The van der Waals surface area contributed by atoms with E-state index in [4.69, 9.17) is 4.74 Å². The Labute approximate surface area is 108 Å². The summed E-state index contributed by atoms with van der Waals surface area (Å²) in [5.74, 6) is -0.627. The third kappa shape index (κ3) is 9.81. The summed E-state index contributed by atoms with van der Waals surface area (Å²) < 4.78 is 9.38. The van der Waals surface area contributed by atoms with Crippen LogP contribution < -0.4 is 0 Å². The summed E-state index contributed by atoms with van der Waals surface area (Å²) in [7, 11) is 1.33. The first kappa shape index (κ1) is 16.6. The fourth-order valence-corrected chi connectivity index (χ4v) is 1.25. The highest BCUT2D eigenvalue weighted by Crippen LogP contribution is 2.04. The quantitative estimate of drug-likeness (QED) is 0.359. The van der Waals surface area contributed by atoms with E-state index >= 15 is 0 Å². The number of ether oxygens (including phenoxy) is 2. The van der Waals surface area contributed by atoms with E-state index < -0.39 is 5.97 Å². The van der Waals surface area contributed by atoms with Gasteiger partial charge in [0.2, 0.25) is 0 Å². The van der Waals surface area contributed by atoms with Crippen molar-refractivity contribution in [3.05, 3.63) is 0 Å². The maximum Gasteiger partial charge on any atom is 0.313 e. The van der Waals surface area contributed by atoms with Gasteiger partial charge in [-0.3, -0.25) is 14.4 Å². The molecule has 0 rings (SSSR count). The second-order valence-electron chi connectivity index (χ2n) is 4.58. The zero-order chi connectivity index (χ0) is 14.0. The van der Waals surface area contributed by atoms with Crippen molar-refractivity contribution < 1.29 is 23.9 Å². The molecule has 0 saturated heterocycles. The maximum atomic E-state index is 11.4. The standard InChI is InChI=1S/C13H22O5/c1-10(2)9-18-13(16)8-11(14)6-4-5-7-12(15)17-3/h10H,4-9H2,1-3H3. The largest absolute Gasteiger partial charge is 0.469 e.